The Morgan fingerprint density at radius 1 is 1.14 bits per heavy atom. The molecule has 0 unspecified atom stereocenters. The lowest BCUT2D eigenvalue weighted by Gasteiger charge is -2.00. The van der Waals surface area contributed by atoms with E-state index in [1.165, 1.54) is 0 Å². The molecule has 0 aromatic carbocycles. The fourth-order valence-corrected chi connectivity index (χ4v) is 1.25. The van der Waals surface area contributed by atoms with Crippen LogP contribution in [0.5, 0.6) is 0 Å². The van der Waals surface area contributed by atoms with Gasteiger partial charge in [-0.1, -0.05) is 6.07 Å². The van der Waals surface area contributed by atoms with Crippen LogP contribution in [-0.4, -0.2) is 9.97 Å². The van der Waals surface area contributed by atoms with E-state index in [0.717, 1.165) is 17.7 Å². The molecule has 14 heavy (non-hydrogen) atoms. The minimum absolute atomic E-state index is 0.694. The number of hydrogen-bond acceptors (Lipinski definition) is 3. The van der Waals surface area contributed by atoms with Gasteiger partial charge in [0.25, 0.3) is 0 Å². The molecule has 0 amide bonds. The molecule has 0 bridgehead atoms. The summed E-state index contributed by atoms with van der Waals surface area (Å²) in [6.07, 6.45) is 6.08. The summed E-state index contributed by atoms with van der Waals surface area (Å²) in [6.45, 7) is 0. The summed E-state index contributed by atoms with van der Waals surface area (Å²) >= 11 is 0. The van der Waals surface area contributed by atoms with E-state index in [4.69, 9.17) is 5.73 Å². The van der Waals surface area contributed by atoms with E-state index in [1.54, 1.807) is 12.4 Å². The minimum atomic E-state index is 0.694. The fraction of sp³-hybridized carbons (Fsp3) is 0.0909. The number of hydrogen-bond donors (Lipinski definition) is 1. The first-order valence-electron chi connectivity index (χ1n) is 4.44. The molecular weight excluding hydrogens is 174 g/mol. The van der Waals surface area contributed by atoms with E-state index in [2.05, 4.69) is 9.97 Å². The third-order valence-electron chi connectivity index (χ3n) is 1.96. The second kappa shape index (κ2) is 3.87. The molecule has 0 saturated heterocycles. The van der Waals surface area contributed by atoms with Gasteiger partial charge in [0, 0.05) is 24.5 Å². The Morgan fingerprint density at radius 2 is 2.07 bits per heavy atom. The molecular formula is C11H11N3. The highest BCUT2D eigenvalue weighted by atomic mass is 14.7. The molecule has 0 aliphatic carbocycles. The smallest absolute Gasteiger partial charge is 0.0501 e. The van der Waals surface area contributed by atoms with Gasteiger partial charge in [0.1, 0.15) is 0 Å². The van der Waals surface area contributed by atoms with Crippen molar-refractivity contribution in [3.8, 4) is 0 Å². The second-order valence-electron chi connectivity index (χ2n) is 3.12. The zero-order chi connectivity index (χ0) is 9.80. The summed E-state index contributed by atoms with van der Waals surface area (Å²) in [5, 5.41) is 0. The van der Waals surface area contributed by atoms with Crippen molar-refractivity contribution >= 4 is 5.69 Å². The number of nitrogens with two attached hydrogens (primary N) is 1. The number of nitrogens with zero attached hydrogens (tertiary/aromatic N) is 2. The molecule has 0 saturated carbocycles. The maximum Gasteiger partial charge on any atom is 0.0501 e. The summed E-state index contributed by atoms with van der Waals surface area (Å²) in [5.74, 6) is 0. The molecule has 0 spiro atoms. The summed E-state index contributed by atoms with van der Waals surface area (Å²) in [4.78, 5) is 8.27. The molecule has 2 aromatic rings. The van der Waals surface area contributed by atoms with Crippen molar-refractivity contribution in [2.24, 2.45) is 0 Å². The molecule has 0 aliphatic rings. The maximum absolute atomic E-state index is 5.55. The van der Waals surface area contributed by atoms with Crippen molar-refractivity contribution in [1.82, 2.24) is 9.97 Å². The Balaban J connectivity index is 2.16. The summed E-state index contributed by atoms with van der Waals surface area (Å²) in [5.41, 5.74) is 8.40. The number of anilines is 1. The van der Waals surface area contributed by atoms with Crippen LogP contribution in [-0.2, 0) is 6.42 Å². The topological polar surface area (TPSA) is 51.8 Å². The molecule has 2 aromatic heterocycles. The van der Waals surface area contributed by atoms with Crippen LogP contribution in [0.25, 0.3) is 0 Å². The Hall–Kier alpha value is -1.90. The predicted octanol–water partition coefficient (Wildman–Crippen LogP) is 1.65. The van der Waals surface area contributed by atoms with Crippen LogP contribution in [0.2, 0.25) is 0 Å². The van der Waals surface area contributed by atoms with Crippen molar-refractivity contribution in [1.29, 1.82) is 0 Å². The average molecular weight is 185 g/mol. The fourth-order valence-electron chi connectivity index (χ4n) is 1.25. The molecule has 0 radical (unpaired) electrons. The molecule has 0 atom stereocenters. The first kappa shape index (κ1) is 8.69. The van der Waals surface area contributed by atoms with Gasteiger partial charge in [-0.2, -0.15) is 0 Å². The molecule has 3 nitrogen and oxygen atoms in total. The third-order valence-corrected chi connectivity index (χ3v) is 1.96. The van der Waals surface area contributed by atoms with Gasteiger partial charge in [0.05, 0.1) is 11.9 Å². The van der Waals surface area contributed by atoms with Crippen LogP contribution in [0.4, 0.5) is 5.69 Å². The Bertz CT molecular complexity index is 395. The lowest BCUT2D eigenvalue weighted by Crippen LogP contribution is -1.93. The van der Waals surface area contributed by atoms with Crippen molar-refractivity contribution in [3.05, 3.63) is 54.1 Å². The van der Waals surface area contributed by atoms with E-state index in [-0.39, 0.29) is 0 Å². The van der Waals surface area contributed by atoms with Crippen molar-refractivity contribution in [2.45, 2.75) is 6.42 Å². The molecule has 2 N–H and O–H groups in total. The van der Waals surface area contributed by atoms with Gasteiger partial charge in [-0.05, 0) is 23.8 Å². The van der Waals surface area contributed by atoms with E-state index in [9.17, 15) is 0 Å². The monoisotopic (exact) mass is 185 g/mol. The summed E-state index contributed by atoms with van der Waals surface area (Å²) in [7, 11) is 0. The summed E-state index contributed by atoms with van der Waals surface area (Å²) in [6, 6.07) is 7.75. The number of nitrogen functional groups attached to an aromatic ring is 1. The highest BCUT2D eigenvalue weighted by Crippen LogP contribution is 2.07. The lowest BCUT2D eigenvalue weighted by atomic mass is 10.1. The standard InChI is InChI=1S/C11H11N3/c12-10-3-4-11(14-8-10)6-9-2-1-5-13-7-9/h1-5,7-8H,6,12H2. The van der Waals surface area contributed by atoms with Gasteiger partial charge in [-0.15, -0.1) is 0 Å². The molecule has 2 rings (SSSR count). The highest BCUT2D eigenvalue weighted by Gasteiger charge is 1.96. The van der Waals surface area contributed by atoms with Gasteiger partial charge >= 0.3 is 0 Å². The SMILES string of the molecule is Nc1ccc(Cc2cccnc2)nc1. The van der Waals surface area contributed by atoms with Crippen molar-refractivity contribution < 1.29 is 0 Å². The minimum Gasteiger partial charge on any atom is -0.397 e. The van der Waals surface area contributed by atoms with Crippen LogP contribution >= 0.6 is 0 Å². The molecule has 0 fully saturated rings. The van der Waals surface area contributed by atoms with Gasteiger partial charge < -0.3 is 5.73 Å². The molecule has 2 heterocycles. The number of aromatic nitrogens is 2. The van der Waals surface area contributed by atoms with Crippen LogP contribution in [0, 0.1) is 0 Å². The Labute approximate surface area is 82.6 Å². The van der Waals surface area contributed by atoms with E-state index >= 15 is 0 Å². The van der Waals surface area contributed by atoms with Gasteiger partial charge in [-0.25, -0.2) is 0 Å². The second-order valence-corrected chi connectivity index (χ2v) is 3.12. The van der Waals surface area contributed by atoms with Gasteiger partial charge in [0.15, 0.2) is 0 Å². The zero-order valence-electron chi connectivity index (χ0n) is 7.72. The Kier molecular flexibility index (Phi) is 2.40. The van der Waals surface area contributed by atoms with Crippen molar-refractivity contribution in [2.75, 3.05) is 5.73 Å². The van der Waals surface area contributed by atoms with E-state index in [0.29, 0.717) is 5.69 Å². The normalized spacial score (nSPS) is 10.0. The maximum atomic E-state index is 5.55. The third kappa shape index (κ3) is 2.07. The molecule has 3 heteroatoms. The molecule has 70 valence electrons. The van der Waals surface area contributed by atoms with Crippen LogP contribution in [0.15, 0.2) is 42.9 Å². The number of pyridine rings is 2. The molecule has 0 aliphatic heterocycles. The van der Waals surface area contributed by atoms with E-state index in [1.807, 2.05) is 30.5 Å². The largest absolute Gasteiger partial charge is 0.397 e. The quantitative estimate of drug-likeness (QED) is 0.774. The van der Waals surface area contributed by atoms with Crippen LogP contribution in [0.1, 0.15) is 11.3 Å². The number of rotatable bonds is 2. The lowest BCUT2D eigenvalue weighted by molar-refractivity contribution is 1.06. The van der Waals surface area contributed by atoms with Crippen LogP contribution < -0.4 is 5.73 Å². The highest BCUT2D eigenvalue weighted by molar-refractivity contribution is 5.35. The predicted molar refractivity (Wildman–Crippen MR) is 55.7 cm³/mol. The van der Waals surface area contributed by atoms with Gasteiger partial charge in [-0.3, -0.25) is 9.97 Å². The first-order chi connectivity index (χ1) is 6.84. The van der Waals surface area contributed by atoms with E-state index < -0.39 is 0 Å². The first-order valence-corrected chi connectivity index (χ1v) is 4.44. The summed E-state index contributed by atoms with van der Waals surface area (Å²) < 4.78 is 0. The Morgan fingerprint density at radius 3 is 2.71 bits per heavy atom. The average Bonchev–Trinajstić information content (AvgIpc) is 2.23. The van der Waals surface area contributed by atoms with Gasteiger partial charge in [0.2, 0.25) is 0 Å². The van der Waals surface area contributed by atoms with Crippen LogP contribution in [0.3, 0.4) is 0 Å². The zero-order valence-corrected chi connectivity index (χ0v) is 7.72. The van der Waals surface area contributed by atoms with Crippen molar-refractivity contribution in [3.63, 3.8) is 0 Å².